The highest BCUT2D eigenvalue weighted by molar-refractivity contribution is 5.94. The van der Waals surface area contributed by atoms with Crippen molar-refractivity contribution in [2.24, 2.45) is 5.73 Å². The van der Waals surface area contributed by atoms with Crippen molar-refractivity contribution in [2.75, 3.05) is 26.2 Å². The first-order chi connectivity index (χ1) is 11.2. The fourth-order valence-corrected chi connectivity index (χ4v) is 3.25. The molecule has 1 aromatic carbocycles. The summed E-state index contributed by atoms with van der Waals surface area (Å²) in [5, 5.41) is 12.1. The summed E-state index contributed by atoms with van der Waals surface area (Å²) in [5.74, 6) is -0.0814. The van der Waals surface area contributed by atoms with Crippen LogP contribution in [-0.2, 0) is 0 Å². The van der Waals surface area contributed by atoms with Crippen LogP contribution in [-0.4, -0.2) is 48.2 Å². The van der Waals surface area contributed by atoms with Crippen molar-refractivity contribution in [3.05, 3.63) is 35.4 Å². The van der Waals surface area contributed by atoms with E-state index in [1.54, 1.807) is 18.2 Å². The fourth-order valence-electron chi connectivity index (χ4n) is 3.25. The molecule has 5 heteroatoms. The van der Waals surface area contributed by atoms with Gasteiger partial charge in [-0.15, -0.1) is 0 Å². The molecule has 4 N–H and O–H groups in total. The van der Waals surface area contributed by atoms with E-state index in [1.807, 2.05) is 6.07 Å². The van der Waals surface area contributed by atoms with Gasteiger partial charge in [-0.05, 0) is 43.5 Å². The molecule has 128 valence electrons. The van der Waals surface area contributed by atoms with Crippen LogP contribution in [0.25, 0.3) is 0 Å². The maximum absolute atomic E-state index is 12.3. The Labute approximate surface area is 138 Å². The van der Waals surface area contributed by atoms with E-state index in [1.165, 1.54) is 25.7 Å². The predicted molar refractivity (Wildman–Crippen MR) is 92.3 cm³/mol. The molecule has 1 heterocycles. The maximum atomic E-state index is 12.3. The van der Waals surface area contributed by atoms with E-state index in [0.717, 1.165) is 18.7 Å². The van der Waals surface area contributed by atoms with Gasteiger partial charge in [-0.25, -0.2) is 0 Å². The Hall–Kier alpha value is -1.43. The van der Waals surface area contributed by atoms with Gasteiger partial charge in [0.05, 0.1) is 12.6 Å². The summed E-state index contributed by atoms with van der Waals surface area (Å²) in [5.41, 5.74) is 7.18. The number of benzene rings is 1. The summed E-state index contributed by atoms with van der Waals surface area (Å²) in [6, 6.07) is 7.38. The van der Waals surface area contributed by atoms with Crippen molar-refractivity contribution in [1.82, 2.24) is 10.2 Å². The Bertz CT molecular complexity index is 507. The molecule has 2 rings (SSSR count). The minimum absolute atomic E-state index is 0.0814. The van der Waals surface area contributed by atoms with Crippen LogP contribution in [0.1, 0.15) is 54.6 Å². The lowest BCUT2D eigenvalue weighted by atomic mass is 10.0. The topological polar surface area (TPSA) is 78.6 Å². The number of amides is 1. The van der Waals surface area contributed by atoms with Gasteiger partial charge in [0.25, 0.3) is 5.91 Å². The van der Waals surface area contributed by atoms with Crippen LogP contribution in [0.5, 0.6) is 0 Å². The normalized spacial score (nSPS) is 20.2. The van der Waals surface area contributed by atoms with Gasteiger partial charge in [0.2, 0.25) is 0 Å². The Morgan fingerprint density at radius 2 is 2.30 bits per heavy atom. The SMILES string of the molecule is CCC1CCCCN1CCNC(=O)c1cccc(C(N)CO)c1. The predicted octanol–water partition coefficient (Wildman–Crippen LogP) is 1.67. The number of likely N-dealkylation sites (tertiary alicyclic amines) is 1. The lowest BCUT2D eigenvalue weighted by Gasteiger charge is -2.35. The Morgan fingerprint density at radius 3 is 3.04 bits per heavy atom. The fraction of sp³-hybridized carbons (Fsp3) is 0.611. The molecular weight excluding hydrogens is 290 g/mol. The van der Waals surface area contributed by atoms with Crippen LogP contribution in [0, 0.1) is 0 Å². The second-order valence-electron chi connectivity index (χ2n) is 6.26. The standard InChI is InChI=1S/C18H29N3O2/c1-2-16-8-3-4-10-21(16)11-9-20-18(23)15-7-5-6-14(12-15)17(19)13-22/h5-7,12,16-17,22H,2-4,8-11,13,19H2,1H3,(H,20,23). The molecule has 1 aromatic rings. The molecule has 23 heavy (non-hydrogen) atoms. The van der Waals surface area contributed by atoms with E-state index in [-0.39, 0.29) is 12.5 Å². The van der Waals surface area contributed by atoms with Crippen molar-refractivity contribution in [3.63, 3.8) is 0 Å². The number of nitrogens with one attached hydrogen (secondary N) is 1. The largest absolute Gasteiger partial charge is 0.394 e. The first-order valence-corrected chi connectivity index (χ1v) is 8.64. The van der Waals surface area contributed by atoms with E-state index in [0.29, 0.717) is 18.2 Å². The van der Waals surface area contributed by atoms with Gasteiger partial charge < -0.3 is 16.2 Å². The van der Waals surface area contributed by atoms with Crippen LogP contribution in [0.3, 0.4) is 0 Å². The van der Waals surface area contributed by atoms with Gasteiger partial charge in [0.1, 0.15) is 0 Å². The quantitative estimate of drug-likeness (QED) is 0.714. The molecule has 1 fully saturated rings. The summed E-state index contributed by atoms with van der Waals surface area (Å²) in [6.07, 6.45) is 5.02. The maximum Gasteiger partial charge on any atom is 0.251 e. The van der Waals surface area contributed by atoms with Crippen molar-refractivity contribution >= 4 is 5.91 Å². The van der Waals surface area contributed by atoms with Crippen molar-refractivity contribution < 1.29 is 9.90 Å². The van der Waals surface area contributed by atoms with E-state index >= 15 is 0 Å². The van der Waals surface area contributed by atoms with Crippen LogP contribution < -0.4 is 11.1 Å². The summed E-state index contributed by atoms with van der Waals surface area (Å²) >= 11 is 0. The number of carbonyl (C=O) groups is 1. The smallest absolute Gasteiger partial charge is 0.251 e. The van der Waals surface area contributed by atoms with Gasteiger partial charge in [0.15, 0.2) is 0 Å². The molecule has 0 aromatic heterocycles. The number of piperidine rings is 1. The van der Waals surface area contributed by atoms with E-state index in [2.05, 4.69) is 17.1 Å². The van der Waals surface area contributed by atoms with Crippen molar-refractivity contribution in [1.29, 1.82) is 0 Å². The molecule has 2 atom stereocenters. The highest BCUT2D eigenvalue weighted by Gasteiger charge is 2.20. The van der Waals surface area contributed by atoms with Crippen molar-refractivity contribution in [3.8, 4) is 0 Å². The number of hydrogen-bond acceptors (Lipinski definition) is 4. The molecule has 2 unspecified atom stereocenters. The zero-order valence-electron chi connectivity index (χ0n) is 14.0. The molecule has 0 bridgehead atoms. The average Bonchev–Trinajstić information content (AvgIpc) is 2.61. The van der Waals surface area contributed by atoms with Crippen LogP contribution in [0.2, 0.25) is 0 Å². The highest BCUT2D eigenvalue weighted by Crippen LogP contribution is 2.18. The lowest BCUT2D eigenvalue weighted by molar-refractivity contribution is 0.0934. The first-order valence-electron chi connectivity index (χ1n) is 8.64. The number of carbonyl (C=O) groups excluding carboxylic acids is 1. The van der Waals surface area contributed by atoms with E-state index in [4.69, 9.17) is 10.8 Å². The van der Waals surface area contributed by atoms with Crippen molar-refractivity contribution in [2.45, 2.75) is 44.7 Å². The molecule has 0 aliphatic carbocycles. The molecular formula is C18H29N3O2. The van der Waals surface area contributed by atoms with E-state index < -0.39 is 6.04 Å². The molecule has 1 aliphatic heterocycles. The molecule has 5 nitrogen and oxygen atoms in total. The number of nitrogens with two attached hydrogens (primary N) is 1. The number of hydrogen-bond donors (Lipinski definition) is 3. The third kappa shape index (κ3) is 5.03. The Balaban J connectivity index is 1.85. The number of aliphatic hydroxyl groups is 1. The third-order valence-electron chi connectivity index (χ3n) is 4.68. The molecule has 0 radical (unpaired) electrons. The third-order valence-corrected chi connectivity index (χ3v) is 4.68. The monoisotopic (exact) mass is 319 g/mol. The number of aliphatic hydroxyl groups excluding tert-OH is 1. The van der Waals surface area contributed by atoms with Gasteiger partial charge in [-0.2, -0.15) is 0 Å². The first kappa shape index (κ1) is 17.9. The van der Waals surface area contributed by atoms with Crippen LogP contribution in [0.4, 0.5) is 0 Å². The summed E-state index contributed by atoms with van der Waals surface area (Å²) in [4.78, 5) is 14.8. The summed E-state index contributed by atoms with van der Waals surface area (Å²) < 4.78 is 0. The molecule has 1 aliphatic rings. The Kier molecular flexibility index (Phi) is 7.02. The number of rotatable bonds is 7. The zero-order valence-corrected chi connectivity index (χ0v) is 14.0. The number of nitrogens with zero attached hydrogens (tertiary/aromatic N) is 1. The molecule has 1 saturated heterocycles. The van der Waals surface area contributed by atoms with Gasteiger partial charge >= 0.3 is 0 Å². The minimum atomic E-state index is -0.443. The molecule has 1 amide bonds. The van der Waals surface area contributed by atoms with Gasteiger partial charge in [-0.1, -0.05) is 25.5 Å². The molecule has 0 spiro atoms. The van der Waals surface area contributed by atoms with Crippen LogP contribution >= 0.6 is 0 Å². The van der Waals surface area contributed by atoms with Gasteiger partial charge in [0, 0.05) is 24.7 Å². The Morgan fingerprint density at radius 1 is 1.48 bits per heavy atom. The second-order valence-corrected chi connectivity index (χ2v) is 6.26. The second kappa shape index (κ2) is 9.01. The average molecular weight is 319 g/mol. The summed E-state index contributed by atoms with van der Waals surface area (Å²) in [7, 11) is 0. The lowest BCUT2D eigenvalue weighted by Crippen LogP contribution is -2.43. The van der Waals surface area contributed by atoms with Gasteiger partial charge in [-0.3, -0.25) is 9.69 Å². The minimum Gasteiger partial charge on any atom is -0.394 e. The molecule has 0 saturated carbocycles. The van der Waals surface area contributed by atoms with Crippen LogP contribution in [0.15, 0.2) is 24.3 Å². The summed E-state index contributed by atoms with van der Waals surface area (Å²) in [6.45, 7) is 4.80. The van der Waals surface area contributed by atoms with E-state index in [9.17, 15) is 4.79 Å². The highest BCUT2D eigenvalue weighted by atomic mass is 16.3. The zero-order chi connectivity index (χ0) is 16.7.